The van der Waals surface area contributed by atoms with E-state index in [0.717, 1.165) is 25.7 Å². The van der Waals surface area contributed by atoms with Crippen molar-refractivity contribution in [2.75, 3.05) is 10.6 Å². The summed E-state index contributed by atoms with van der Waals surface area (Å²) in [5, 5.41) is 5.87. The van der Waals surface area contributed by atoms with Gasteiger partial charge in [0, 0.05) is 17.3 Å². The van der Waals surface area contributed by atoms with Gasteiger partial charge in [-0.1, -0.05) is 12.1 Å². The van der Waals surface area contributed by atoms with Crippen LogP contribution in [-0.4, -0.2) is 16.8 Å². The molecule has 5 nitrogen and oxygen atoms in total. The van der Waals surface area contributed by atoms with E-state index in [9.17, 15) is 9.59 Å². The molecule has 5 rings (SSSR count). The fraction of sp³-hybridized carbons (Fsp3) is 0.296. The number of nitrogens with zero attached hydrogens (tertiary/aromatic N) is 1. The summed E-state index contributed by atoms with van der Waals surface area (Å²) in [6.07, 6.45) is 12.1. The number of amides is 2. The van der Waals surface area contributed by atoms with Crippen LogP contribution in [0.15, 0.2) is 54.9 Å². The Morgan fingerprint density at radius 3 is 1.69 bits per heavy atom. The molecule has 162 valence electrons. The molecule has 1 aromatic heterocycles. The minimum atomic E-state index is -0.198. The Bertz CT molecular complexity index is 1090. The number of carbonyl (C=O) groups excluding carboxylic acids is 2. The third-order valence-electron chi connectivity index (χ3n) is 6.54. The maximum absolute atomic E-state index is 12.9. The zero-order valence-electron chi connectivity index (χ0n) is 18.1. The molecule has 3 aromatic rings. The summed E-state index contributed by atoms with van der Waals surface area (Å²) in [7, 11) is 0. The lowest BCUT2D eigenvalue weighted by molar-refractivity contribution is 0.101. The standard InChI is InChI=1S/C27H27N3O2/c31-26(22-11-9-18-5-1-3-7-20(18)15-22)29-24-13-14-28-17-25(24)30-27(32)23-12-10-19-6-2-4-8-21(19)16-23/h9-17H,1-8H2,(H,30,32)(H,28,29,31). The van der Waals surface area contributed by atoms with Crippen molar-refractivity contribution in [2.45, 2.75) is 51.4 Å². The lowest BCUT2D eigenvalue weighted by atomic mass is 9.90. The minimum absolute atomic E-state index is 0.186. The average Bonchev–Trinajstić information content (AvgIpc) is 2.84. The van der Waals surface area contributed by atoms with Crippen LogP contribution in [0.2, 0.25) is 0 Å². The van der Waals surface area contributed by atoms with Crippen LogP contribution in [-0.2, 0) is 25.7 Å². The Kier molecular flexibility index (Phi) is 5.71. The number of benzene rings is 2. The molecule has 0 atom stereocenters. The topological polar surface area (TPSA) is 71.1 Å². The number of fused-ring (bicyclic) bond motifs is 2. The molecule has 0 spiro atoms. The number of hydrogen-bond donors (Lipinski definition) is 2. The van der Waals surface area contributed by atoms with E-state index in [1.165, 1.54) is 47.9 Å². The third-order valence-corrected chi connectivity index (χ3v) is 6.54. The lowest BCUT2D eigenvalue weighted by Gasteiger charge is -2.17. The lowest BCUT2D eigenvalue weighted by Crippen LogP contribution is -2.18. The van der Waals surface area contributed by atoms with Crippen LogP contribution < -0.4 is 10.6 Å². The van der Waals surface area contributed by atoms with Crippen molar-refractivity contribution >= 4 is 23.2 Å². The van der Waals surface area contributed by atoms with Crippen LogP contribution in [0.5, 0.6) is 0 Å². The first kappa shape index (κ1) is 20.4. The van der Waals surface area contributed by atoms with Crippen molar-refractivity contribution in [3.05, 3.63) is 88.2 Å². The van der Waals surface area contributed by atoms with Gasteiger partial charge in [-0.05, 0) is 104 Å². The first-order chi connectivity index (χ1) is 15.7. The molecule has 0 fully saturated rings. The monoisotopic (exact) mass is 425 g/mol. The number of nitrogens with one attached hydrogen (secondary N) is 2. The number of aryl methyl sites for hydroxylation is 4. The second-order valence-corrected chi connectivity index (χ2v) is 8.71. The van der Waals surface area contributed by atoms with Crippen molar-refractivity contribution in [2.24, 2.45) is 0 Å². The Morgan fingerprint density at radius 2 is 1.12 bits per heavy atom. The molecule has 0 radical (unpaired) electrons. The van der Waals surface area contributed by atoms with E-state index < -0.39 is 0 Å². The summed E-state index contributed by atoms with van der Waals surface area (Å²) in [5.74, 6) is -0.385. The van der Waals surface area contributed by atoms with Crippen LogP contribution in [0.4, 0.5) is 11.4 Å². The average molecular weight is 426 g/mol. The molecule has 2 N–H and O–H groups in total. The van der Waals surface area contributed by atoms with Gasteiger partial charge < -0.3 is 10.6 Å². The number of anilines is 2. The van der Waals surface area contributed by atoms with Gasteiger partial charge in [0.2, 0.25) is 0 Å². The van der Waals surface area contributed by atoms with Gasteiger partial charge in [-0.25, -0.2) is 0 Å². The molecule has 1 heterocycles. The quantitative estimate of drug-likeness (QED) is 0.592. The first-order valence-electron chi connectivity index (χ1n) is 11.5. The molecule has 0 aliphatic heterocycles. The molecule has 2 aliphatic rings. The number of carbonyl (C=O) groups is 2. The number of rotatable bonds is 4. The summed E-state index contributed by atoms with van der Waals surface area (Å²) in [6.45, 7) is 0. The van der Waals surface area contributed by atoms with Gasteiger partial charge in [-0.2, -0.15) is 0 Å². The molecule has 5 heteroatoms. The maximum atomic E-state index is 12.9. The van der Waals surface area contributed by atoms with Gasteiger partial charge in [-0.3, -0.25) is 14.6 Å². The Balaban J connectivity index is 1.33. The van der Waals surface area contributed by atoms with Crippen LogP contribution in [0.1, 0.15) is 68.7 Å². The zero-order valence-corrected chi connectivity index (χ0v) is 18.1. The highest BCUT2D eigenvalue weighted by molar-refractivity contribution is 6.10. The predicted molar refractivity (Wildman–Crippen MR) is 126 cm³/mol. The molecule has 0 saturated heterocycles. The highest BCUT2D eigenvalue weighted by Crippen LogP contribution is 2.26. The fourth-order valence-electron chi connectivity index (χ4n) is 4.74. The number of hydrogen-bond acceptors (Lipinski definition) is 3. The van der Waals surface area contributed by atoms with Crippen molar-refractivity contribution in [1.29, 1.82) is 0 Å². The molecule has 0 unspecified atom stereocenters. The van der Waals surface area contributed by atoms with Crippen LogP contribution >= 0.6 is 0 Å². The molecule has 2 aromatic carbocycles. The van der Waals surface area contributed by atoms with Gasteiger partial charge in [-0.15, -0.1) is 0 Å². The SMILES string of the molecule is O=C(Nc1ccncc1NC(=O)c1ccc2c(c1)CCCC2)c1ccc2c(c1)CCCC2. The second-order valence-electron chi connectivity index (χ2n) is 8.71. The Labute approximate surface area is 188 Å². The largest absolute Gasteiger partial charge is 0.320 e. The normalized spacial score (nSPS) is 14.8. The van der Waals surface area contributed by atoms with Gasteiger partial charge in [0.1, 0.15) is 0 Å². The maximum Gasteiger partial charge on any atom is 0.255 e. The molecular formula is C27H27N3O2. The van der Waals surface area contributed by atoms with Gasteiger partial charge in [0.05, 0.1) is 17.6 Å². The molecule has 2 amide bonds. The predicted octanol–water partition coefficient (Wildman–Crippen LogP) is 5.34. The Morgan fingerprint density at radius 1 is 0.625 bits per heavy atom. The highest BCUT2D eigenvalue weighted by Gasteiger charge is 2.17. The van der Waals surface area contributed by atoms with Crippen molar-refractivity contribution in [3.63, 3.8) is 0 Å². The van der Waals surface area contributed by atoms with Crippen LogP contribution in [0.25, 0.3) is 0 Å². The molecule has 0 saturated carbocycles. The highest BCUT2D eigenvalue weighted by atomic mass is 16.2. The van der Waals surface area contributed by atoms with E-state index in [1.807, 2.05) is 24.3 Å². The molecule has 32 heavy (non-hydrogen) atoms. The van der Waals surface area contributed by atoms with E-state index in [1.54, 1.807) is 18.5 Å². The third kappa shape index (κ3) is 4.28. The fourth-order valence-corrected chi connectivity index (χ4v) is 4.74. The van der Waals surface area contributed by atoms with Gasteiger partial charge >= 0.3 is 0 Å². The van der Waals surface area contributed by atoms with Crippen molar-refractivity contribution in [3.8, 4) is 0 Å². The van der Waals surface area contributed by atoms with E-state index in [4.69, 9.17) is 0 Å². The van der Waals surface area contributed by atoms with E-state index in [0.29, 0.717) is 22.5 Å². The van der Waals surface area contributed by atoms with Crippen LogP contribution in [0, 0.1) is 0 Å². The van der Waals surface area contributed by atoms with Gasteiger partial charge in [0.15, 0.2) is 0 Å². The molecule has 0 bridgehead atoms. The minimum Gasteiger partial charge on any atom is -0.320 e. The van der Waals surface area contributed by atoms with Crippen molar-refractivity contribution in [1.82, 2.24) is 4.98 Å². The summed E-state index contributed by atoms with van der Waals surface area (Å²) in [4.78, 5) is 30.0. The summed E-state index contributed by atoms with van der Waals surface area (Å²) < 4.78 is 0. The van der Waals surface area contributed by atoms with E-state index >= 15 is 0 Å². The molecular weight excluding hydrogens is 398 g/mol. The Hall–Kier alpha value is -3.47. The number of aromatic nitrogens is 1. The summed E-state index contributed by atoms with van der Waals surface area (Å²) in [5.41, 5.74) is 7.49. The zero-order chi connectivity index (χ0) is 21.9. The van der Waals surface area contributed by atoms with Gasteiger partial charge in [0.25, 0.3) is 11.8 Å². The summed E-state index contributed by atoms with van der Waals surface area (Å²) in [6, 6.07) is 13.6. The van der Waals surface area contributed by atoms with Crippen molar-refractivity contribution < 1.29 is 9.59 Å². The second kappa shape index (κ2) is 8.95. The molecule has 2 aliphatic carbocycles. The van der Waals surface area contributed by atoms with E-state index in [2.05, 4.69) is 27.8 Å². The first-order valence-corrected chi connectivity index (χ1v) is 11.5. The number of pyridine rings is 1. The van der Waals surface area contributed by atoms with E-state index in [-0.39, 0.29) is 11.8 Å². The van der Waals surface area contributed by atoms with Crippen LogP contribution in [0.3, 0.4) is 0 Å². The smallest absolute Gasteiger partial charge is 0.255 e. The summed E-state index contributed by atoms with van der Waals surface area (Å²) >= 11 is 0.